The average molecular weight is 318 g/mol. The Morgan fingerprint density at radius 1 is 1.35 bits per heavy atom. The molecule has 2 atom stereocenters. The predicted molar refractivity (Wildman–Crippen MR) is 75.6 cm³/mol. The molecule has 1 heterocycles. The second-order valence-electron chi connectivity index (χ2n) is 4.54. The van der Waals surface area contributed by atoms with E-state index >= 15 is 0 Å². The number of amides is 1. The second-order valence-corrected chi connectivity index (χ2v) is 5.36. The number of carboxylic acid groups (broad SMARTS) is 1. The third-order valence-corrected chi connectivity index (χ3v) is 3.91. The molecule has 2 unspecified atom stereocenters. The Kier molecular flexibility index (Phi) is 4.52. The highest BCUT2D eigenvalue weighted by Gasteiger charge is 2.32. The van der Waals surface area contributed by atoms with Crippen LogP contribution in [0.15, 0.2) is 12.1 Å². The van der Waals surface area contributed by atoms with Gasteiger partial charge in [-0.2, -0.15) is 0 Å². The van der Waals surface area contributed by atoms with Crippen LogP contribution in [0, 0.1) is 5.92 Å². The van der Waals surface area contributed by atoms with E-state index in [2.05, 4.69) is 5.32 Å². The predicted octanol–water partition coefficient (Wildman–Crippen LogP) is 3.06. The molecule has 0 aromatic heterocycles. The molecule has 2 N–H and O–H groups in total. The van der Waals surface area contributed by atoms with E-state index < -0.39 is 5.97 Å². The number of carbonyl (C=O) groups is 2. The lowest BCUT2D eigenvalue weighted by atomic mass is 10.0. The summed E-state index contributed by atoms with van der Waals surface area (Å²) in [5, 5.41) is 11.9. The van der Waals surface area contributed by atoms with Crippen LogP contribution in [0.5, 0.6) is 0 Å². The van der Waals surface area contributed by atoms with Gasteiger partial charge in [0.1, 0.15) is 5.56 Å². The first kappa shape index (κ1) is 15.1. The van der Waals surface area contributed by atoms with Crippen molar-refractivity contribution in [1.82, 2.24) is 0 Å². The number of halogens is 2. The number of anilines is 1. The van der Waals surface area contributed by atoms with Crippen LogP contribution in [-0.4, -0.2) is 29.7 Å². The molecule has 20 heavy (non-hydrogen) atoms. The molecular formula is C13H13Cl2NO4. The summed E-state index contributed by atoms with van der Waals surface area (Å²) < 4.78 is 5.32. The van der Waals surface area contributed by atoms with E-state index in [4.69, 9.17) is 27.9 Å². The minimum absolute atomic E-state index is 0.0212. The van der Waals surface area contributed by atoms with Gasteiger partial charge in [0.15, 0.2) is 0 Å². The summed E-state index contributed by atoms with van der Waals surface area (Å²) in [5.41, 5.74) is -0.185. The summed E-state index contributed by atoms with van der Waals surface area (Å²) in [4.78, 5) is 23.4. The van der Waals surface area contributed by atoms with Gasteiger partial charge >= 0.3 is 5.97 Å². The van der Waals surface area contributed by atoms with Crippen LogP contribution in [-0.2, 0) is 9.53 Å². The molecule has 0 radical (unpaired) electrons. The smallest absolute Gasteiger partial charge is 0.339 e. The van der Waals surface area contributed by atoms with Gasteiger partial charge in [0.2, 0.25) is 5.91 Å². The Morgan fingerprint density at radius 3 is 2.55 bits per heavy atom. The van der Waals surface area contributed by atoms with Crippen molar-refractivity contribution >= 4 is 40.8 Å². The summed E-state index contributed by atoms with van der Waals surface area (Å²) in [5.74, 6) is -1.89. The molecule has 1 aliphatic rings. The van der Waals surface area contributed by atoms with Gasteiger partial charge in [0, 0.05) is 6.61 Å². The monoisotopic (exact) mass is 317 g/mol. The molecule has 5 nitrogen and oxygen atoms in total. The fourth-order valence-corrected chi connectivity index (χ4v) is 2.62. The Labute approximate surface area is 125 Å². The Hall–Kier alpha value is -1.30. The van der Waals surface area contributed by atoms with Crippen molar-refractivity contribution in [2.45, 2.75) is 19.4 Å². The van der Waals surface area contributed by atoms with Gasteiger partial charge in [-0.3, -0.25) is 4.79 Å². The zero-order valence-corrected chi connectivity index (χ0v) is 12.2. The number of carbonyl (C=O) groups excluding carboxylic acids is 1. The van der Waals surface area contributed by atoms with E-state index in [9.17, 15) is 14.7 Å². The molecule has 0 bridgehead atoms. The topological polar surface area (TPSA) is 75.6 Å². The number of nitrogens with one attached hydrogen (secondary N) is 1. The molecule has 1 fully saturated rings. The van der Waals surface area contributed by atoms with Gasteiger partial charge in [-0.1, -0.05) is 23.2 Å². The Balaban J connectivity index is 2.31. The minimum atomic E-state index is -1.25. The molecule has 0 aliphatic carbocycles. The molecule has 2 rings (SSSR count). The van der Waals surface area contributed by atoms with Crippen LogP contribution in [0.4, 0.5) is 5.69 Å². The first-order chi connectivity index (χ1) is 9.41. The number of aromatic carboxylic acids is 1. The highest BCUT2D eigenvalue weighted by molar-refractivity contribution is 6.38. The van der Waals surface area contributed by atoms with Gasteiger partial charge in [-0.15, -0.1) is 0 Å². The van der Waals surface area contributed by atoms with Gasteiger partial charge in [-0.05, 0) is 25.5 Å². The normalized spacial score (nSPS) is 21.8. The fourth-order valence-electron chi connectivity index (χ4n) is 2.18. The summed E-state index contributed by atoms with van der Waals surface area (Å²) in [7, 11) is 0. The molecule has 1 aromatic carbocycles. The molecule has 108 valence electrons. The Bertz CT molecular complexity index is 562. The molecule has 1 saturated heterocycles. The third-order valence-electron chi connectivity index (χ3n) is 3.28. The van der Waals surface area contributed by atoms with Crippen LogP contribution in [0.3, 0.4) is 0 Å². The van der Waals surface area contributed by atoms with Crippen LogP contribution in [0.1, 0.15) is 23.7 Å². The molecular weight excluding hydrogens is 305 g/mol. The van der Waals surface area contributed by atoms with Crippen molar-refractivity contribution in [3.8, 4) is 0 Å². The summed E-state index contributed by atoms with van der Waals surface area (Å²) in [6.45, 7) is 2.31. The zero-order chi connectivity index (χ0) is 14.9. The van der Waals surface area contributed by atoms with Gasteiger partial charge in [0.25, 0.3) is 0 Å². The maximum atomic E-state index is 12.2. The average Bonchev–Trinajstić information content (AvgIpc) is 2.79. The molecule has 1 aliphatic heterocycles. The number of carboxylic acids is 1. The van der Waals surface area contributed by atoms with Crippen molar-refractivity contribution in [3.05, 3.63) is 27.7 Å². The lowest BCUT2D eigenvalue weighted by Gasteiger charge is -2.16. The highest BCUT2D eigenvalue weighted by Crippen LogP contribution is 2.33. The van der Waals surface area contributed by atoms with Gasteiger partial charge in [0.05, 0.1) is 27.8 Å². The summed E-state index contributed by atoms with van der Waals surface area (Å²) in [6, 6.07) is 2.82. The van der Waals surface area contributed by atoms with E-state index in [1.165, 1.54) is 12.1 Å². The lowest BCUT2D eigenvalue weighted by Crippen LogP contribution is -2.28. The molecule has 0 saturated carbocycles. The molecule has 7 heteroatoms. The van der Waals surface area contributed by atoms with Crippen molar-refractivity contribution in [2.75, 3.05) is 11.9 Å². The maximum absolute atomic E-state index is 12.2. The summed E-state index contributed by atoms with van der Waals surface area (Å²) in [6.07, 6.45) is 0.384. The van der Waals surface area contributed by atoms with Crippen molar-refractivity contribution in [2.24, 2.45) is 5.92 Å². The van der Waals surface area contributed by atoms with Crippen molar-refractivity contribution in [3.63, 3.8) is 0 Å². The fraction of sp³-hybridized carbons (Fsp3) is 0.385. The van der Waals surface area contributed by atoms with E-state index in [1.54, 1.807) is 6.92 Å². The first-order valence-corrected chi connectivity index (χ1v) is 6.81. The molecule has 1 amide bonds. The number of hydrogen-bond acceptors (Lipinski definition) is 3. The SMILES string of the molecule is CC1OCCC1C(=O)Nc1c(Cl)ccc(Cl)c1C(=O)O. The lowest BCUT2D eigenvalue weighted by molar-refractivity contribution is -0.121. The van der Waals surface area contributed by atoms with Crippen LogP contribution >= 0.6 is 23.2 Å². The number of rotatable bonds is 3. The number of benzene rings is 1. The Morgan fingerprint density at radius 2 is 2.00 bits per heavy atom. The zero-order valence-electron chi connectivity index (χ0n) is 10.7. The van der Waals surface area contributed by atoms with E-state index in [0.29, 0.717) is 13.0 Å². The highest BCUT2D eigenvalue weighted by atomic mass is 35.5. The van der Waals surface area contributed by atoms with Crippen LogP contribution < -0.4 is 5.32 Å². The quantitative estimate of drug-likeness (QED) is 0.898. The van der Waals surface area contributed by atoms with E-state index in [1.807, 2.05) is 0 Å². The van der Waals surface area contributed by atoms with Crippen LogP contribution in [0.25, 0.3) is 0 Å². The van der Waals surface area contributed by atoms with Gasteiger partial charge < -0.3 is 15.2 Å². The second kappa shape index (κ2) is 5.99. The third kappa shape index (κ3) is 2.90. The largest absolute Gasteiger partial charge is 0.478 e. The number of hydrogen-bond donors (Lipinski definition) is 2. The van der Waals surface area contributed by atoms with Gasteiger partial charge in [-0.25, -0.2) is 4.79 Å². The van der Waals surface area contributed by atoms with Crippen molar-refractivity contribution in [1.29, 1.82) is 0 Å². The number of ether oxygens (including phenoxy) is 1. The summed E-state index contributed by atoms with van der Waals surface area (Å²) >= 11 is 11.8. The van der Waals surface area contributed by atoms with Crippen LogP contribution in [0.2, 0.25) is 10.0 Å². The molecule has 0 spiro atoms. The molecule has 1 aromatic rings. The van der Waals surface area contributed by atoms with E-state index in [0.717, 1.165) is 0 Å². The van der Waals surface area contributed by atoms with Crippen molar-refractivity contribution < 1.29 is 19.4 Å². The standard InChI is InChI=1S/C13H13Cl2NO4/c1-6-7(4-5-20-6)12(17)16-11-9(15)3-2-8(14)10(11)13(18)19/h2-3,6-7H,4-5H2,1H3,(H,16,17)(H,18,19). The first-order valence-electron chi connectivity index (χ1n) is 6.05. The maximum Gasteiger partial charge on any atom is 0.339 e. The minimum Gasteiger partial charge on any atom is -0.478 e. The van der Waals surface area contributed by atoms with E-state index in [-0.39, 0.29) is 39.2 Å².